The summed E-state index contributed by atoms with van der Waals surface area (Å²) < 4.78 is 39.6. The van der Waals surface area contributed by atoms with Crippen LogP contribution in [0.2, 0.25) is 0 Å². The smallest absolute Gasteiger partial charge is 0.305 e. The van der Waals surface area contributed by atoms with Gasteiger partial charge in [-0.25, -0.2) is 0 Å². The van der Waals surface area contributed by atoms with Crippen LogP contribution in [0.3, 0.4) is 0 Å². The summed E-state index contributed by atoms with van der Waals surface area (Å²) in [5, 5.41) is 10.2. The molecule has 4 nitrogen and oxygen atoms in total. The first-order chi connectivity index (χ1) is 9.55. The first-order valence-electron chi connectivity index (χ1n) is 6.33. The van der Waals surface area contributed by atoms with E-state index in [0.717, 1.165) is 5.56 Å². The zero-order chi connectivity index (χ0) is 14.2. The third-order valence-corrected chi connectivity index (χ3v) is 3.35. The molecule has 1 aromatic heterocycles. The largest absolute Gasteiger partial charge is 0.451 e. The van der Waals surface area contributed by atoms with Crippen LogP contribution in [0, 0.1) is 0 Å². The number of nitrogens with one attached hydrogen (secondary N) is 1. The quantitative estimate of drug-likeness (QED) is 0.925. The van der Waals surface area contributed by atoms with Gasteiger partial charge in [-0.3, -0.25) is 0 Å². The Kier molecular flexibility index (Phi) is 4.53. The molecule has 0 radical (unpaired) electrons. The van der Waals surface area contributed by atoms with Gasteiger partial charge in [-0.1, -0.05) is 30.3 Å². The molecule has 1 atom stereocenters. The summed E-state index contributed by atoms with van der Waals surface area (Å²) in [5.41, 5.74) is 1.05. The average Bonchev–Trinajstić information content (AvgIpc) is 2.85. The number of nitrogens with zero attached hydrogens (tertiary/aromatic N) is 3. The predicted molar refractivity (Wildman–Crippen MR) is 73.2 cm³/mol. The van der Waals surface area contributed by atoms with Crippen LogP contribution in [0.1, 0.15) is 23.3 Å². The zero-order valence-corrected chi connectivity index (χ0v) is 11.8. The Morgan fingerprint density at radius 2 is 1.90 bits per heavy atom. The van der Waals surface area contributed by atoms with E-state index in [0.29, 0.717) is 18.8 Å². The Labute approximate surface area is 125 Å². The summed E-state index contributed by atoms with van der Waals surface area (Å²) in [6.45, 7) is 0.716. The van der Waals surface area contributed by atoms with Crippen molar-refractivity contribution in [2.24, 2.45) is 0 Å². The molecule has 114 valence electrons. The van der Waals surface area contributed by atoms with Gasteiger partial charge in [0.2, 0.25) is 5.82 Å². The van der Waals surface area contributed by atoms with Gasteiger partial charge in [0.15, 0.2) is 5.82 Å². The van der Waals surface area contributed by atoms with Crippen molar-refractivity contribution >= 4 is 12.4 Å². The Bertz CT molecular complexity index is 597. The highest BCUT2D eigenvalue weighted by molar-refractivity contribution is 5.85. The third kappa shape index (κ3) is 3.19. The van der Waals surface area contributed by atoms with Crippen LogP contribution in [0.5, 0.6) is 0 Å². The van der Waals surface area contributed by atoms with E-state index < -0.39 is 12.0 Å². The maximum absolute atomic E-state index is 12.8. The molecule has 0 spiro atoms. The van der Waals surface area contributed by atoms with Crippen molar-refractivity contribution in [3.8, 4) is 0 Å². The molecule has 2 heterocycles. The molecule has 2 aromatic rings. The zero-order valence-electron chi connectivity index (χ0n) is 11.0. The van der Waals surface area contributed by atoms with Gasteiger partial charge in [0.1, 0.15) is 0 Å². The predicted octanol–water partition coefficient (Wildman–Crippen LogP) is 2.61. The first-order valence-corrected chi connectivity index (χ1v) is 6.33. The molecule has 1 aliphatic rings. The van der Waals surface area contributed by atoms with Crippen molar-refractivity contribution in [2.75, 3.05) is 6.54 Å². The van der Waals surface area contributed by atoms with Crippen molar-refractivity contribution in [2.45, 2.75) is 25.2 Å². The molecule has 1 aliphatic heterocycles. The van der Waals surface area contributed by atoms with Crippen LogP contribution in [0.25, 0.3) is 0 Å². The lowest BCUT2D eigenvalue weighted by Crippen LogP contribution is -2.36. The fourth-order valence-electron chi connectivity index (χ4n) is 2.46. The summed E-state index contributed by atoms with van der Waals surface area (Å²) in [6.07, 6.45) is -3.86. The van der Waals surface area contributed by atoms with E-state index in [1.54, 1.807) is 0 Å². The summed E-state index contributed by atoms with van der Waals surface area (Å²) in [5.74, 6) is -0.556. The Balaban J connectivity index is 0.00000161. The maximum Gasteiger partial charge on any atom is 0.451 e. The van der Waals surface area contributed by atoms with Gasteiger partial charge in [-0.15, -0.1) is 22.6 Å². The molecule has 1 N–H and O–H groups in total. The van der Waals surface area contributed by atoms with Gasteiger partial charge in [0, 0.05) is 13.1 Å². The van der Waals surface area contributed by atoms with Gasteiger partial charge >= 0.3 is 6.18 Å². The van der Waals surface area contributed by atoms with Crippen molar-refractivity contribution in [3.63, 3.8) is 0 Å². The summed E-state index contributed by atoms with van der Waals surface area (Å²) in [4.78, 5) is 0. The highest BCUT2D eigenvalue weighted by Crippen LogP contribution is 2.31. The topological polar surface area (TPSA) is 42.7 Å². The van der Waals surface area contributed by atoms with E-state index in [-0.39, 0.29) is 25.0 Å². The summed E-state index contributed by atoms with van der Waals surface area (Å²) in [7, 11) is 0. The fraction of sp³-hybridized carbons (Fsp3) is 0.385. The third-order valence-electron chi connectivity index (χ3n) is 3.35. The minimum Gasteiger partial charge on any atom is -0.305 e. The molecule has 8 heteroatoms. The summed E-state index contributed by atoms with van der Waals surface area (Å²) >= 11 is 0. The van der Waals surface area contributed by atoms with Crippen LogP contribution in [0.15, 0.2) is 30.3 Å². The number of benzene rings is 1. The Morgan fingerprint density at radius 3 is 2.57 bits per heavy atom. The minimum atomic E-state index is -4.46. The maximum atomic E-state index is 12.8. The molecule has 1 aromatic carbocycles. The highest BCUT2D eigenvalue weighted by Gasteiger charge is 2.40. The van der Waals surface area contributed by atoms with Crippen molar-refractivity contribution in [1.82, 2.24) is 20.1 Å². The molecule has 3 rings (SSSR count). The van der Waals surface area contributed by atoms with Gasteiger partial charge in [-0.05, 0) is 12.0 Å². The second-order valence-corrected chi connectivity index (χ2v) is 4.73. The molecular formula is C13H14ClF3N4. The van der Waals surface area contributed by atoms with E-state index in [1.807, 2.05) is 30.3 Å². The van der Waals surface area contributed by atoms with Crippen LogP contribution in [-0.2, 0) is 19.1 Å². The number of aromatic nitrogens is 3. The normalized spacial score (nSPS) is 18.0. The fourth-order valence-corrected chi connectivity index (χ4v) is 2.46. The molecule has 1 unspecified atom stereocenters. The van der Waals surface area contributed by atoms with Crippen molar-refractivity contribution in [3.05, 3.63) is 47.5 Å². The number of rotatable bonds is 2. The van der Waals surface area contributed by atoms with Crippen LogP contribution < -0.4 is 5.32 Å². The number of fused-ring (bicyclic) bond motifs is 1. The van der Waals surface area contributed by atoms with E-state index >= 15 is 0 Å². The van der Waals surface area contributed by atoms with Gasteiger partial charge < -0.3 is 9.88 Å². The van der Waals surface area contributed by atoms with Crippen molar-refractivity contribution < 1.29 is 13.2 Å². The molecule has 0 amide bonds. The Hall–Kier alpha value is -1.60. The molecule has 0 saturated carbocycles. The van der Waals surface area contributed by atoms with E-state index in [2.05, 4.69) is 15.5 Å². The molecule has 21 heavy (non-hydrogen) atoms. The number of hydrogen-bond donors (Lipinski definition) is 1. The minimum absolute atomic E-state index is 0. The van der Waals surface area contributed by atoms with E-state index in [4.69, 9.17) is 0 Å². The lowest BCUT2D eigenvalue weighted by atomic mass is 10.0. The van der Waals surface area contributed by atoms with Crippen LogP contribution in [-0.4, -0.2) is 21.3 Å². The van der Waals surface area contributed by atoms with Crippen LogP contribution in [0.4, 0.5) is 13.2 Å². The van der Waals surface area contributed by atoms with Crippen LogP contribution >= 0.6 is 12.4 Å². The first kappa shape index (κ1) is 15.8. The average molecular weight is 319 g/mol. The summed E-state index contributed by atoms with van der Waals surface area (Å²) in [6, 6.07) is 9.37. The molecule has 0 fully saturated rings. The molecule has 0 aliphatic carbocycles. The molecule has 0 saturated heterocycles. The van der Waals surface area contributed by atoms with Crippen molar-refractivity contribution in [1.29, 1.82) is 0 Å². The SMILES string of the molecule is Cl.FC(F)(F)c1nnc2n1CCNC2Cc1ccccc1. The monoisotopic (exact) mass is 318 g/mol. The lowest BCUT2D eigenvalue weighted by Gasteiger charge is -2.25. The second kappa shape index (κ2) is 6.03. The van der Waals surface area contributed by atoms with Gasteiger partial charge in [0.05, 0.1) is 6.04 Å². The number of halogens is 4. The number of alkyl halides is 3. The lowest BCUT2D eigenvalue weighted by molar-refractivity contribution is -0.147. The number of hydrogen-bond acceptors (Lipinski definition) is 3. The Morgan fingerprint density at radius 1 is 1.19 bits per heavy atom. The van der Waals surface area contributed by atoms with E-state index in [9.17, 15) is 13.2 Å². The second-order valence-electron chi connectivity index (χ2n) is 4.73. The standard InChI is InChI=1S/C13H13F3N4.ClH/c14-13(15,16)12-19-18-11-10(17-6-7-20(11)12)8-9-4-2-1-3-5-9;/h1-5,10,17H,6-8H2;1H. The van der Waals surface area contributed by atoms with Gasteiger partial charge in [-0.2, -0.15) is 13.2 Å². The molecular weight excluding hydrogens is 305 g/mol. The van der Waals surface area contributed by atoms with E-state index in [1.165, 1.54) is 4.57 Å². The molecule has 0 bridgehead atoms. The van der Waals surface area contributed by atoms with Gasteiger partial charge in [0.25, 0.3) is 0 Å². The highest BCUT2D eigenvalue weighted by atomic mass is 35.5.